The molecule has 0 saturated carbocycles. The first-order valence-electron chi connectivity index (χ1n) is 9.55. The van der Waals surface area contributed by atoms with Gasteiger partial charge < -0.3 is 11.1 Å². The van der Waals surface area contributed by atoms with Gasteiger partial charge in [0.1, 0.15) is 5.54 Å². The molecule has 2 aromatic rings. The molecule has 0 aliphatic carbocycles. The predicted molar refractivity (Wildman–Crippen MR) is 113 cm³/mol. The summed E-state index contributed by atoms with van der Waals surface area (Å²) in [6.07, 6.45) is -0.202. The zero-order valence-electron chi connectivity index (χ0n) is 15.9. The first-order valence-corrected chi connectivity index (χ1v) is 10.3. The van der Waals surface area contributed by atoms with Crippen LogP contribution in [0.25, 0.3) is 0 Å². The minimum absolute atomic E-state index is 0.183. The van der Waals surface area contributed by atoms with E-state index in [1.807, 2.05) is 0 Å². The molecule has 2 aromatic carbocycles. The van der Waals surface area contributed by atoms with Gasteiger partial charge in [0.2, 0.25) is 23.6 Å². The van der Waals surface area contributed by atoms with E-state index < -0.39 is 47.0 Å². The quantitative estimate of drug-likeness (QED) is 0.605. The molecule has 5 rings (SSSR count). The van der Waals surface area contributed by atoms with Crippen molar-refractivity contribution in [2.75, 3.05) is 10.2 Å². The Bertz CT molecular complexity index is 1190. The molecule has 2 fully saturated rings. The molecule has 158 valence electrons. The van der Waals surface area contributed by atoms with Gasteiger partial charge >= 0.3 is 0 Å². The van der Waals surface area contributed by atoms with Crippen LogP contribution in [0.5, 0.6) is 0 Å². The van der Waals surface area contributed by atoms with Crippen LogP contribution in [0.4, 0.5) is 11.4 Å². The van der Waals surface area contributed by atoms with Crippen molar-refractivity contribution in [2.24, 2.45) is 17.6 Å². The molecular weight excluding hydrogens is 443 g/mol. The molecule has 4 amide bonds. The number of anilines is 2. The number of primary amides is 1. The number of halogens is 2. The van der Waals surface area contributed by atoms with Gasteiger partial charge in [0, 0.05) is 23.7 Å². The van der Waals surface area contributed by atoms with Crippen molar-refractivity contribution < 1.29 is 19.2 Å². The maximum atomic E-state index is 13.6. The SMILES string of the molecule is NC(=O)C[C@@H]1N[C@]2(C(=O)Nc3ccccc32)[C@@H]2C(=O)N(c3ccc(Cl)c(Cl)c3)C(=O)[C@H]12. The highest BCUT2D eigenvalue weighted by atomic mass is 35.5. The lowest BCUT2D eigenvalue weighted by Gasteiger charge is -2.29. The third-order valence-corrected chi connectivity index (χ3v) is 6.94. The fourth-order valence-corrected chi connectivity index (χ4v) is 5.32. The van der Waals surface area contributed by atoms with Crippen LogP contribution in [0.15, 0.2) is 42.5 Å². The first-order chi connectivity index (χ1) is 14.8. The lowest BCUT2D eigenvalue weighted by Crippen LogP contribution is -2.53. The topological polar surface area (TPSA) is 122 Å². The van der Waals surface area contributed by atoms with Gasteiger partial charge in [-0.2, -0.15) is 0 Å². The highest BCUT2D eigenvalue weighted by molar-refractivity contribution is 6.42. The summed E-state index contributed by atoms with van der Waals surface area (Å²) in [5, 5.41) is 6.37. The van der Waals surface area contributed by atoms with Crippen LogP contribution in [0, 0.1) is 11.8 Å². The van der Waals surface area contributed by atoms with Gasteiger partial charge in [0.05, 0.1) is 27.6 Å². The second kappa shape index (κ2) is 6.78. The van der Waals surface area contributed by atoms with Gasteiger partial charge in [-0.15, -0.1) is 0 Å². The number of fused-ring (bicyclic) bond motifs is 4. The van der Waals surface area contributed by atoms with Crippen LogP contribution in [0.1, 0.15) is 12.0 Å². The van der Waals surface area contributed by atoms with E-state index in [2.05, 4.69) is 10.6 Å². The van der Waals surface area contributed by atoms with Crippen molar-refractivity contribution in [3.8, 4) is 0 Å². The minimum atomic E-state index is -1.49. The maximum Gasteiger partial charge on any atom is 0.250 e. The van der Waals surface area contributed by atoms with Gasteiger partial charge in [0.15, 0.2) is 0 Å². The fraction of sp³-hybridized carbons (Fsp3) is 0.238. The maximum absolute atomic E-state index is 13.6. The number of carbonyl (C=O) groups excluding carboxylic acids is 4. The first kappa shape index (κ1) is 20.0. The Morgan fingerprint density at radius 2 is 1.81 bits per heavy atom. The molecule has 31 heavy (non-hydrogen) atoms. The van der Waals surface area contributed by atoms with Crippen LogP contribution < -0.4 is 21.3 Å². The normalized spacial score (nSPS) is 28.8. The molecule has 10 heteroatoms. The number of para-hydroxylation sites is 1. The molecule has 3 aliphatic heterocycles. The predicted octanol–water partition coefficient (Wildman–Crippen LogP) is 1.79. The molecule has 4 atom stereocenters. The summed E-state index contributed by atoms with van der Waals surface area (Å²) in [5.74, 6) is -4.18. The summed E-state index contributed by atoms with van der Waals surface area (Å²) in [6, 6.07) is 10.6. The molecule has 4 N–H and O–H groups in total. The van der Waals surface area contributed by atoms with Gasteiger partial charge in [-0.25, -0.2) is 4.90 Å². The van der Waals surface area contributed by atoms with Gasteiger partial charge in [-0.3, -0.25) is 24.5 Å². The highest BCUT2D eigenvalue weighted by Gasteiger charge is 2.70. The molecular formula is C21H16Cl2N4O4. The average molecular weight is 459 g/mol. The van der Waals surface area contributed by atoms with Crippen LogP contribution in [0.3, 0.4) is 0 Å². The number of nitrogens with one attached hydrogen (secondary N) is 2. The second-order valence-corrected chi connectivity index (χ2v) is 8.66. The Morgan fingerprint density at radius 3 is 2.52 bits per heavy atom. The largest absolute Gasteiger partial charge is 0.370 e. The summed E-state index contributed by atoms with van der Waals surface area (Å²) >= 11 is 12.1. The van der Waals surface area contributed by atoms with E-state index in [0.29, 0.717) is 11.3 Å². The zero-order chi connectivity index (χ0) is 22.1. The lowest BCUT2D eigenvalue weighted by atomic mass is 9.76. The number of hydrogen-bond acceptors (Lipinski definition) is 5. The van der Waals surface area contributed by atoms with Crippen LogP contribution in [-0.4, -0.2) is 29.7 Å². The number of nitrogens with two attached hydrogens (primary N) is 1. The number of benzene rings is 2. The number of amides is 4. The third-order valence-electron chi connectivity index (χ3n) is 6.20. The van der Waals surface area contributed by atoms with E-state index in [1.54, 1.807) is 24.3 Å². The van der Waals surface area contributed by atoms with E-state index in [1.165, 1.54) is 18.2 Å². The molecule has 2 saturated heterocycles. The van der Waals surface area contributed by atoms with Crippen LogP contribution >= 0.6 is 23.2 Å². The second-order valence-electron chi connectivity index (χ2n) is 7.84. The van der Waals surface area contributed by atoms with Crippen LogP contribution in [-0.2, 0) is 24.7 Å². The van der Waals surface area contributed by atoms with E-state index in [9.17, 15) is 19.2 Å². The Balaban J connectivity index is 1.67. The smallest absolute Gasteiger partial charge is 0.250 e. The van der Waals surface area contributed by atoms with Crippen molar-refractivity contribution in [2.45, 2.75) is 18.0 Å². The van der Waals surface area contributed by atoms with Crippen molar-refractivity contribution in [3.05, 3.63) is 58.1 Å². The molecule has 0 unspecified atom stereocenters. The summed E-state index contributed by atoms with van der Waals surface area (Å²) in [4.78, 5) is 53.0. The van der Waals surface area contributed by atoms with Crippen molar-refractivity contribution >= 4 is 58.2 Å². The summed E-state index contributed by atoms with van der Waals surface area (Å²) in [7, 11) is 0. The molecule has 1 spiro atoms. The van der Waals surface area contributed by atoms with E-state index in [0.717, 1.165) is 4.90 Å². The lowest BCUT2D eigenvalue weighted by molar-refractivity contribution is -0.130. The number of hydrogen-bond donors (Lipinski definition) is 3. The van der Waals surface area contributed by atoms with E-state index in [-0.39, 0.29) is 22.2 Å². The van der Waals surface area contributed by atoms with Crippen molar-refractivity contribution in [3.63, 3.8) is 0 Å². The number of nitrogens with zero attached hydrogens (tertiary/aromatic N) is 1. The monoisotopic (exact) mass is 458 g/mol. The Hall–Kier alpha value is -2.94. The van der Waals surface area contributed by atoms with Crippen molar-refractivity contribution in [1.82, 2.24) is 5.32 Å². The van der Waals surface area contributed by atoms with Crippen LogP contribution in [0.2, 0.25) is 10.0 Å². The van der Waals surface area contributed by atoms with Gasteiger partial charge in [-0.05, 0) is 24.3 Å². The summed E-state index contributed by atoms with van der Waals surface area (Å²) < 4.78 is 0. The molecule has 0 radical (unpaired) electrons. The summed E-state index contributed by atoms with van der Waals surface area (Å²) in [6.45, 7) is 0. The highest BCUT2D eigenvalue weighted by Crippen LogP contribution is 2.54. The molecule has 3 heterocycles. The minimum Gasteiger partial charge on any atom is -0.370 e. The Kier molecular flexibility index (Phi) is 4.37. The standard InChI is InChI=1S/C21H16Cl2N4O4/c22-11-6-5-9(7-12(11)23)27-18(29)16-14(8-15(24)28)26-21(17(16)19(27)30)10-3-1-2-4-13(10)25-20(21)31/h1-7,14,16-17,26H,8H2,(H2,24,28)(H,25,31)/t14-,16+,17-,21-/m0/s1. The Morgan fingerprint density at radius 1 is 1.06 bits per heavy atom. The number of rotatable bonds is 3. The fourth-order valence-electron chi connectivity index (χ4n) is 5.03. The van der Waals surface area contributed by atoms with Gasteiger partial charge in [-0.1, -0.05) is 41.4 Å². The average Bonchev–Trinajstić information content (AvgIpc) is 3.29. The zero-order valence-corrected chi connectivity index (χ0v) is 17.4. The molecule has 0 bridgehead atoms. The third kappa shape index (κ3) is 2.65. The number of carbonyl (C=O) groups is 4. The molecule has 8 nitrogen and oxygen atoms in total. The molecule has 3 aliphatic rings. The van der Waals surface area contributed by atoms with Gasteiger partial charge in [0.25, 0.3) is 0 Å². The Labute approximate surface area is 186 Å². The molecule has 0 aromatic heterocycles. The summed E-state index contributed by atoms with van der Waals surface area (Å²) in [5.41, 5.74) is 5.28. The number of imide groups is 1. The van der Waals surface area contributed by atoms with E-state index in [4.69, 9.17) is 28.9 Å². The van der Waals surface area contributed by atoms with Crippen molar-refractivity contribution in [1.29, 1.82) is 0 Å². The van der Waals surface area contributed by atoms with E-state index >= 15 is 0 Å².